The molecule has 0 saturated heterocycles. The maximum atomic E-state index is 14.4. The molecule has 0 spiro atoms. The van der Waals surface area contributed by atoms with Gasteiger partial charge in [0.05, 0.1) is 17.4 Å². The number of nitrogens with one attached hydrogen (secondary N) is 2. The number of pyridine rings is 1. The van der Waals surface area contributed by atoms with E-state index < -0.39 is 33.8 Å². The average Bonchev–Trinajstić information content (AvgIpc) is 2.74. The molecule has 0 radical (unpaired) electrons. The van der Waals surface area contributed by atoms with E-state index in [1.807, 2.05) is 0 Å². The normalized spacial score (nSPS) is 18.6. The van der Waals surface area contributed by atoms with Crippen LogP contribution in [0.15, 0.2) is 48.2 Å². The molecule has 1 aliphatic heterocycles. The highest BCUT2D eigenvalue weighted by atomic mass is 32.2. The Morgan fingerprint density at radius 3 is 2.64 bits per heavy atom. The highest BCUT2D eigenvalue weighted by Crippen LogP contribution is 2.27. The van der Waals surface area contributed by atoms with Crippen LogP contribution in [0.4, 0.5) is 15.9 Å². The number of carbonyl (C=O) groups is 2. The summed E-state index contributed by atoms with van der Waals surface area (Å²) in [7, 11) is -2.01. The van der Waals surface area contributed by atoms with Crippen molar-refractivity contribution in [3.63, 3.8) is 0 Å². The smallest absolute Gasteiger partial charge is 0.251 e. The van der Waals surface area contributed by atoms with E-state index in [2.05, 4.69) is 15.0 Å². The number of amides is 2. The van der Waals surface area contributed by atoms with E-state index in [9.17, 15) is 22.4 Å². The van der Waals surface area contributed by atoms with Crippen LogP contribution in [0.5, 0.6) is 0 Å². The van der Waals surface area contributed by atoms with E-state index >= 15 is 0 Å². The van der Waals surface area contributed by atoms with Gasteiger partial charge in [-0.1, -0.05) is 12.1 Å². The Labute approximate surface area is 191 Å². The second-order valence-electron chi connectivity index (χ2n) is 7.84. The highest BCUT2D eigenvalue weighted by molar-refractivity contribution is 7.92. The fourth-order valence-corrected chi connectivity index (χ4v) is 4.09. The van der Waals surface area contributed by atoms with Crippen molar-refractivity contribution >= 4 is 33.3 Å². The number of primary amides is 1. The van der Waals surface area contributed by atoms with E-state index in [1.165, 1.54) is 49.3 Å². The Morgan fingerprint density at radius 2 is 2.00 bits per heavy atom. The maximum Gasteiger partial charge on any atom is 0.251 e. The number of hydrogen-bond donors (Lipinski definition) is 3. The fraction of sp³-hybridized carbons (Fsp3) is 0.318. The Kier molecular flexibility index (Phi) is 7.01. The molecule has 0 saturated carbocycles. The molecule has 0 bridgehead atoms. The number of aryl methyl sites for hydroxylation is 1. The average molecular weight is 476 g/mol. The van der Waals surface area contributed by atoms with E-state index in [-0.39, 0.29) is 29.6 Å². The predicted octanol–water partition coefficient (Wildman–Crippen LogP) is 1.77. The van der Waals surface area contributed by atoms with Gasteiger partial charge < -0.3 is 16.0 Å². The summed E-state index contributed by atoms with van der Waals surface area (Å²) in [5, 5.41) is 2.91. The van der Waals surface area contributed by atoms with Crippen LogP contribution in [0.2, 0.25) is 0 Å². The van der Waals surface area contributed by atoms with Crippen LogP contribution in [0.1, 0.15) is 18.1 Å². The first-order valence-electron chi connectivity index (χ1n) is 10.3. The van der Waals surface area contributed by atoms with Crippen LogP contribution >= 0.6 is 0 Å². The lowest BCUT2D eigenvalue weighted by molar-refractivity contribution is -0.131. The minimum atomic E-state index is -3.51. The summed E-state index contributed by atoms with van der Waals surface area (Å²) in [5.41, 5.74) is 7.41. The maximum absolute atomic E-state index is 14.4. The quantitative estimate of drug-likeness (QED) is 0.533. The number of nitrogens with two attached hydrogens (primary N) is 1. The summed E-state index contributed by atoms with van der Waals surface area (Å²) in [6.45, 7) is 3.26. The van der Waals surface area contributed by atoms with Crippen molar-refractivity contribution in [2.24, 2.45) is 11.7 Å². The zero-order valence-corrected chi connectivity index (χ0v) is 19.3. The van der Waals surface area contributed by atoms with Crippen molar-refractivity contribution in [3.05, 3.63) is 65.1 Å². The molecule has 2 unspecified atom stereocenters. The standard InChI is InChI=1S/C22H26FN5O4S/c1-4-33(31,32)27-19-11-14(7-8-25-19)10-15-12-16(20(24)29)21(28(3)22(15)30)26-18-6-5-13(2)9-17(18)23/h5-9,11-12,16,21,26H,4,10H2,1-3H3,(H2,24,29)(H,25,27). The molecule has 4 N–H and O–H groups in total. The molecule has 0 aliphatic carbocycles. The summed E-state index contributed by atoms with van der Waals surface area (Å²) in [5.74, 6) is -2.44. The molecule has 1 aliphatic rings. The van der Waals surface area contributed by atoms with Crippen molar-refractivity contribution in [1.82, 2.24) is 9.88 Å². The number of aromatic nitrogens is 1. The lowest BCUT2D eigenvalue weighted by Crippen LogP contribution is -2.53. The molecular formula is C22H26FN5O4S. The number of carbonyl (C=O) groups excluding carboxylic acids is 2. The number of likely N-dealkylation sites (N-methyl/N-ethyl adjacent to an activating group) is 1. The Hall–Kier alpha value is -3.47. The fourth-order valence-electron chi connectivity index (χ4n) is 3.52. The number of rotatable bonds is 8. The molecule has 33 heavy (non-hydrogen) atoms. The van der Waals surface area contributed by atoms with E-state index in [0.717, 1.165) is 5.56 Å². The molecule has 0 fully saturated rings. The Balaban J connectivity index is 1.88. The first kappa shape index (κ1) is 24.2. The summed E-state index contributed by atoms with van der Waals surface area (Å²) in [4.78, 5) is 30.6. The van der Waals surface area contributed by atoms with Gasteiger partial charge >= 0.3 is 0 Å². The summed E-state index contributed by atoms with van der Waals surface area (Å²) in [6.07, 6.45) is 2.16. The lowest BCUT2D eigenvalue weighted by atomic mass is 9.91. The van der Waals surface area contributed by atoms with Gasteiger partial charge in [0.1, 0.15) is 17.8 Å². The molecule has 2 heterocycles. The van der Waals surface area contributed by atoms with Crippen molar-refractivity contribution in [2.75, 3.05) is 22.8 Å². The van der Waals surface area contributed by atoms with Gasteiger partial charge in [-0.05, 0) is 49.2 Å². The molecule has 1 aromatic carbocycles. The van der Waals surface area contributed by atoms with Crippen LogP contribution in [0, 0.1) is 18.7 Å². The van der Waals surface area contributed by atoms with Crippen molar-refractivity contribution in [1.29, 1.82) is 0 Å². The van der Waals surface area contributed by atoms with E-state index in [1.54, 1.807) is 19.1 Å². The number of hydrogen-bond acceptors (Lipinski definition) is 6. The van der Waals surface area contributed by atoms with Gasteiger partial charge in [-0.3, -0.25) is 14.3 Å². The SMILES string of the molecule is CCS(=O)(=O)Nc1cc(CC2=CC(C(N)=O)C(Nc3ccc(C)cc3F)N(C)C2=O)ccn1. The predicted molar refractivity (Wildman–Crippen MR) is 123 cm³/mol. The number of nitrogens with zero attached hydrogens (tertiary/aromatic N) is 2. The van der Waals surface area contributed by atoms with Crippen LogP contribution in [0.25, 0.3) is 0 Å². The molecule has 2 atom stereocenters. The second-order valence-corrected chi connectivity index (χ2v) is 9.85. The molecule has 9 nitrogen and oxygen atoms in total. The summed E-state index contributed by atoms with van der Waals surface area (Å²) < 4.78 is 40.3. The Bertz CT molecular complexity index is 1220. The highest BCUT2D eigenvalue weighted by Gasteiger charge is 2.37. The molecular weight excluding hydrogens is 449 g/mol. The van der Waals surface area contributed by atoms with Crippen LogP contribution < -0.4 is 15.8 Å². The van der Waals surface area contributed by atoms with Gasteiger partial charge in [0.15, 0.2) is 0 Å². The van der Waals surface area contributed by atoms with Crippen LogP contribution in [0.3, 0.4) is 0 Å². The number of anilines is 2. The zero-order chi connectivity index (χ0) is 24.3. The third kappa shape index (κ3) is 5.67. The monoisotopic (exact) mass is 475 g/mol. The van der Waals surface area contributed by atoms with Gasteiger partial charge in [0, 0.05) is 25.2 Å². The molecule has 176 valence electrons. The summed E-state index contributed by atoms with van der Waals surface area (Å²) in [6, 6.07) is 7.76. The van der Waals surface area contributed by atoms with Crippen LogP contribution in [-0.4, -0.2) is 49.1 Å². The number of benzene rings is 1. The molecule has 1 aromatic heterocycles. The van der Waals surface area contributed by atoms with Gasteiger partial charge in [-0.15, -0.1) is 0 Å². The summed E-state index contributed by atoms with van der Waals surface area (Å²) >= 11 is 0. The first-order chi connectivity index (χ1) is 15.5. The van der Waals surface area contributed by atoms with Crippen LogP contribution in [-0.2, 0) is 26.0 Å². The number of halogens is 1. The largest absolute Gasteiger partial charge is 0.369 e. The topological polar surface area (TPSA) is 134 Å². The second kappa shape index (κ2) is 9.57. The van der Waals surface area contributed by atoms with E-state index in [4.69, 9.17) is 5.73 Å². The first-order valence-corrected chi connectivity index (χ1v) is 11.9. The molecule has 11 heteroatoms. The third-order valence-electron chi connectivity index (χ3n) is 5.35. The van der Waals surface area contributed by atoms with Gasteiger partial charge in [0.25, 0.3) is 5.91 Å². The molecule has 2 aromatic rings. The minimum Gasteiger partial charge on any atom is -0.369 e. The third-order valence-corrected chi connectivity index (χ3v) is 6.63. The van der Waals surface area contributed by atoms with Gasteiger partial charge in [-0.25, -0.2) is 17.8 Å². The lowest BCUT2D eigenvalue weighted by Gasteiger charge is -2.37. The van der Waals surface area contributed by atoms with Crippen molar-refractivity contribution in [3.8, 4) is 0 Å². The van der Waals surface area contributed by atoms with Crippen molar-refractivity contribution < 1.29 is 22.4 Å². The van der Waals surface area contributed by atoms with Gasteiger partial charge in [0.2, 0.25) is 15.9 Å². The zero-order valence-electron chi connectivity index (χ0n) is 18.5. The minimum absolute atomic E-state index is 0.108. The molecule has 2 amide bonds. The van der Waals surface area contributed by atoms with E-state index in [0.29, 0.717) is 11.1 Å². The Morgan fingerprint density at radius 1 is 1.27 bits per heavy atom. The molecule has 3 rings (SSSR count). The number of sulfonamides is 1. The van der Waals surface area contributed by atoms with Crippen molar-refractivity contribution in [2.45, 2.75) is 26.4 Å². The van der Waals surface area contributed by atoms with Gasteiger partial charge in [-0.2, -0.15) is 0 Å².